The van der Waals surface area contributed by atoms with Crippen molar-refractivity contribution in [3.8, 4) is 0 Å². The molecule has 104 valence electrons. The number of nitrogens with zero attached hydrogens (tertiary/aromatic N) is 3. The number of rotatable bonds is 4. The Kier molecular flexibility index (Phi) is 3.79. The Hall–Kier alpha value is -2.70. The van der Waals surface area contributed by atoms with E-state index in [0.29, 0.717) is 5.69 Å². The first-order valence-electron chi connectivity index (χ1n) is 6.03. The molecule has 1 aromatic carbocycles. The third-order valence-corrected chi connectivity index (χ3v) is 2.85. The van der Waals surface area contributed by atoms with Crippen LogP contribution >= 0.6 is 0 Å². The quantitative estimate of drug-likeness (QED) is 0.684. The van der Waals surface area contributed by atoms with Crippen LogP contribution in [0.5, 0.6) is 0 Å². The van der Waals surface area contributed by atoms with Crippen molar-refractivity contribution in [2.24, 2.45) is 0 Å². The van der Waals surface area contributed by atoms with E-state index in [1.54, 1.807) is 24.0 Å². The van der Waals surface area contributed by atoms with Gasteiger partial charge >= 0.3 is 0 Å². The number of nitrogens with one attached hydrogen (secondary N) is 1. The summed E-state index contributed by atoms with van der Waals surface area (Å²) < 4.78 is 1.57. The monoisotopic (exact) mass is 274 g/mol. The van der Waals surface area contributed by atoms with E-state index in [2.05, 4.69) is 10.4 Å². The van der Waals surface area contributed by atoms with Crippen LogP contribution in [0.1, 0.15) is 18.5 Å². The van der Waals surface area contributed by atoms with Gasteiger partial charge in [-0.2, -0.15) is 5.10 Å². The van der Waals surface area contributed by atoms with Gasteiger partial charge in [0.1, 0.15) is 6.04 Å². The number of carbonyl (C=O) groups is 1. The van der Waals surface area contributed by atoms with Crippen LogP contribution in [0.15, 0.2) is 36.7 Å². The fourth-order valence-corrected chi connectivity index (χ4v) is 1.68. The number of carbonyl (C=O) groups excluding carboxylic acids is 1. The lowest BCUT2D eigenvalue weighted by atomic mass is 10.2. The van der Waals surface area contributed by atoms with Gasteiger partial charge in [0.15, 0.2) is 0 Å². The Morgan fingerprint density at radius 2 is 2.05 bits per heavy atom. The highest BCUT2D eigenvalue weighted by Crippen LogP contribution is 2.17. The van der Waals surface area contributed by atoms with Crippen molar-refractivity contribution in [3.63, 3.8) is 0 Å². The molecule has 20 heavy (non-hydrogen) atoms. The van der Waals surface area contributed by atoms with Gasteiger partial charge < -0.3 is 5.32 Å². The average molecular weight is 274 g/mol. The highest BCUT2D eigenvalue weighted by Gasteiger charge is 2.16. The van der Waals surface area contributed by atoms with Crippen molar-refractivity contribution in [2.45, 2.75) is 19.9 Å². The molecule has 7 heteroatoms. The largest absolute Gasteiger partial charge is 0.324 e. The number of hydrogen-bond donors (Lipinski definition) is 1. The fourth-order valence-electron chi connectivity index (χ4n) is 1.68. The molecule has 1 N–H and O–H groups in total. The standard InChI is InChI=1S/C13H14N4O3/c1-9-7-14-16(8-9)10(2)13(18)15-11-3-5-12(6-4-11)17(19)20/h3-8,10H,1-2H3,(H,15,18). The lowest BCUT2D eigenvalue weighted by Crippen LogP contribution is -2.23. The van der Waals surface area contributed by atoms with E-state index in [1.165, 1.54) is 24.3 Å². The zero-order valence-corrected chi connectivity index (χ0v) is 11.1. The Morgan fingerprint density at radius 3 is 2.55 bits per heavy atom. The van der Waals surface area contributed by atoms with Gasteiger partial charge in [-0.25, -0.2) is 0 Å². The minimum absolute atomic E-state index is 0.0150. The number of aromatic nitrogens is 2. The first kappa shape index (κ1) is 13.7. The van der Waals surface area contributed by atoms with Crippen molar-refractivity contribution in [1.82, 2.24) is 9.78 Å². The van der Waals surface area contributed by atoms with Gasteiger partial charge in [-0.15, -0.1) is 0 Å². The van der Waals surface area contributed by atoms with E-state index in [0.717, 1.165) is 5.56 Å². The van der Waals surface area contributed by atoms with Crippen LogP contribution in [0.25, 0.3) is 0 Å². The second-order valence-electron chi connectivity index (χ2n) is 4.47. The van der Waals surface area contributed by atoms with E-state index < -0.39 is 11.0 Å². The molecular formula is C13H14N4O3. The van der Waals surface area contributed by atoms with Gasteiger partial charge in [0.2, 0.25) is 5.91 Å². The van der Waals surface area contributed by atoms with Crippen LogP contribution in [-0.4, -0.2) is 20.6 Å². The van der Waals surface area contributed by atoms with Crippen LogP contribution in [0.2, 0.25) is 0 Å². The molecule has 0 spiro atoms. The summed E-state index contributed by atoms with van der Waals surface area (Å²) in [5.74, 6) is -0.234. The van der Waals surface area contributed by atoms with Gasteiger partial charge in [0, 0.05) is 24.0 Å². The molecule has 0 aliphatic heterocycles. The zero-order valence-electron chi connectivity index (χ0n) is 11.1. The van der Waals surface area contributed by atoms with Gasteiger partial charge in [-0.1, -0.05) is 0 Å². The maximum Gasteiger partial charge on any atom is 0.269 e. The predicted molar refractivity (Wildman–Crippen MR) is 73.4 cm³/mol. The molecule has 0 radical (unpaired) electrons. The van der Waals surface area contributed by atoms with E-state index in [-0.39, 0.29) is 11.6 Å². The van der Waals surface area contributed by atoms with Crippen molar-refractivity contribution >= 4 is 17.3 Å². The summed E-state index contributed by atoms with van der Waals surface area (Å²) in [6.45, 7) is 3.62. The van der Waals surface area contributed by atoms with Crippen LogP contribution in [0, 0.1) is 17.0 Å². The second kappa shape index (κ2) is 5.52. The van der Waals surface area contributed by atoms with Gasteiger partial charge in [0.05, 0.1) is 11.1 Å². The highest BCUT2D eigenvalue weighted by atomic mass is 16.6. The number of nitro benzene ring substituents is 1. The number of anilines is 1. The first-order chi connectivity index (χ1) is 9.47. The van der Waals surface area contributed by atoms with E-state index in [4.69, 9.17) is 0 Å². The molecule has 1 unspecified atom stereocenters. The molecule has 7 nitrogen and oxygen atoms in total. The summed E-state index contributed by atoms with van der Waals surface area (Å²) >= 11 is 0. The van der Waals surface area contributed by atoms with Crippen molar-refractivity contribution in [3.05, 3.63) is 52.3 Å². The number of nitro groups is 1. The molecule has 0 saturated carbocycles. The smallest absolute Gasteiger partial charge is 0.269 e. The van der Waals surface area contributed by atoms with Crippen molar-refractivity contribution in [2.75, 3.05) is 5.32 Å². The Labute approximate surface area is 115 Å². The fraction of sp³-hybridized carbons (Fsp3) is 0.231. The summed E-state index contributed by atoms with van der Waals surface area (Å²) in [5, 5.41) is 17.3. The second-order valence-corrected chi connectivity index (χ2v) is 4.47. The minimum atomic E-state index is -0.485. The van der Waals surface area contributed by atoms with E-state index in [1.807, 2.05) is 6.92 Å². The van der Waals surface area contributed by atoms with Crippen LogP contribution < -0.4 is 5.32 Å². The Morgan fingerprint density at radius 1 is 1.40 bits per heavy atom. The molecule has 0 saturated heterocycles. The highest BCUT2D eigenvalue weighted by molar-refractivity contribution is 5.93. The molecule has 0 bridgehead atoms. The predicted octanol–water partition coefficient (Wildman–Crippen LogP) is 2.30. The SMILES string of the molecule is Cc1cnn(C(C)C(=O)Nc2ccc([N+](=O)[O-])cc2)c1. The van der Waals surface area contributed by atoms with Crippen LogP contribution in [0.4, 0.5) is 11.4 Å². The maximum atomic E-state index is 12.0. The number of benzene rings is 1. The molecule has 1 aromatic heterocycles. The normalized spacial score (nSPS) is 11.9. The molecule has 1 amide bonds. The Balaban J connectivity index is 2.05. The molecule has 0 aliphatic rings. The summed E-state index contributed by atoms with van der Waals surface area (Å²) in [6, 6.07) is 5.23. The molecule has 2 aromatic rings. The van der Waals surface area contributed by atoms with Gasteiger partial charge in [0.25, 0.3) is 5.69 Å². The summed E-state index contributed by atoms with van der Waals surface area (Å²) in [6.07, 6.45) is 3.45. The molecule has 0 fully saturated rings. The number of aryl methyl sites for hydroxylation is 1. The molecule has 2 rings (SSSR count). The first-order valence-corrected chi connectivity index (χ1v) is 6.03. The van der Waals surface area contributed by atoms with E-state index >= 15 is 0 Å². The van der Waals surface area contributed by atoms with Gasteiger partial charge in [-0.3, -0.25) is 19.6 Å². The maximum absolute atomic E-state index is 12.0. The third kappa shape index (κ3) is 3.00. The molecule has 1 atom stereocenters. The third-order valence-electron chi connectivity index (χ3n) is 2.85. The summed E-state index contributed by atoms with van der Waals surface area (Å²) in [5.41, 5.74) is 1.47. The molecular weight excluding hydrogens is 260 g/mol. The lowest BCUT2D eigenvalue weighted by Gasteiger charge is -2.12. The van der Waals surface area contributed by atoms with Crippen molar-refractivity contribution in [1.29, 1.82) is 0 Å². The molecule has 0 aliphatic carbocycles. The summed E-state index contributed by atoms with van der Waals surface area (Å²) in [4.78, 5) is 22.1. The van der Waals surface area contributed by atoms with Crippen molar-refractivity contribution < 1.29 is 9.72 Å². The van der Waals surface area contributed by atoms with E-state index in [9.17, 15) is 14.9 Å². The van der Waals surface area contributed by atoms with Gasteiger partial charge in [-0.05, 0) is 31.5 Å². The number of non-ortho nitro benzene ring substituents is 1. The number of hydrogen-bond acceptors (Lipinski definition) is 4. The topological polar surface area (TPSA) is 90.1 Å². The summed E-state index contributed by atoms with van der Waals surface area (Å²) in [7, 11) is 0. The lowest BCUT2D eigenvalue weighted by molar-refractivity contribution is -0.384. The van der Waals surface area contributed by atoms with Crippen LogP contribution in [-0.2, 0) is 4.79 Å². The minimum Gasteiger partial charge on any atom is -0.324 e. The average Bonchev–Trinajstić information content (AvgIpc) is 2.85. The van der Waals surface area contributed by atoms with Crippen LogP contribution in [0.3, 0.4) is 0 Å². The number of amides is 1. The molecule has 1 heterocycles. The Bertz CT molecular complexity index is 633. The zero-order chi connectivity index (χ0) is 14.7.